The number of aryl methyl sites for hydroxylation is 1. The van der Waals surface area contributed by atoms with Crippen LogP contribution in [0.4, 0.5) is 0 Å². The van der Waals surface area contributed by atoms with E-state index in [4.69, 9.17) is 0 Å². The van der Waals surface area contributed by atoms with Crippen molar-refractivity contribution in [2.24, 2.45) is 0 Å². The lowest BCUT2D eigenvalue weighted by Crippen LogP contribution is -2.50. The average Bonchev–Trinajstić information content (AvgIpc) is 2.72. The van der Waals surface area contributed by atoms with Gasteiger partial charge in [-0.1, -0.05) is 6.07 Å². The van der Waals surface area contributed by atoms with Gasteiger partial charge in [0.25, 0.3) is 0 Å². The Morgan fingerprint density at radius 2 is 2.41 bits per heavy atom. The van der Waals surface area contributed by atoms with E-state index in [9.17, 15) is 5.11 Å². The molecule has 1 aromatic heterocycles. The van der Waals surface area contributed by atoms with Gasteiger partial charge in [-0.2, -0.15) is 0 Å². The molecule has 0 radical (unpaired) electrons. The Morgan fingerprint density at radius 3 is 3.24 bits per heavy atom. The summed E-state index contributed by atoms with van der Waals surface area (Å²) in [6.07, 6.45) is 5.98. The van der Waals surface area contributed by atoms with Crippen LogP contribution in [0.15, 0.2) is 18.3 Å². The molecule has 3 nitrogen and oxygen atoms in total. The van der Waals surface area contributed by atoms with E-state index in [1.165, 1.54) is 5.56 Å². The summed E-state index contributed by atoms with van der Waals surface area (Å²) in [4.78, 5) is 6.75. The van der Waals surface area contributed by atoms with Gasteiger partial charge in [0.05, 0.1) is 5.60 Å². The molecule has 92 valence electrons. The predicted octanol–water partition coefficient (Wildman–Crippen LogP) is 1.57. The van der Waals surface area contributed by atoms with Gasteiger partial charge in [0.1, 0.15) is 0 Å². The molecule has 1 fully saturated rings. The SMILES string of the molecule is CN1CCCC(O)(C2CCc3cccnc32)C1. The number of fused-ring (bicyclic) bond motifs is 1. The van der Waals surface area contributed by atoms with Gasteiger partial charge in [0.15, 0.2) is 0 Å². The number of piperidine rings is 1. The van der Waals surface area contributed by atoms with Crippen LogP contribution < -0.4 is 0 Å². The summed E-state index contributed by atoms with van der Waals surface area (Å²) >= 11 is 0. The van der Waals surface area contributed by atoms with Crippen molar-refractivity contribution in [2.75, 3.05) is 20.1 Å². The molecule has 0 amide bonds. The van der Waals surface area contributed by atoms with E-state index < -0.39 is 5.60 Å². The van der Waals surface area contributed by atoms with Crippen LogP contribution in [-0.4, -0.2) is 40.7 Å². The molecule has 2 aliphatic rings. The molecule has 2 heterocycles. The molecule has 1 N–H and O–H groups in total. The molecular formula is C14H20N2O. The highest BCUT2D eigenvalue weighted by Crippen LogP contribution is 2.42. The minimum Gasteiger partial charge on any atom is -0.388 e. The fraction of sp³-hybridized carbons (Fsp3) is 0.643. The summed E-state index contributed by atoms with van der Waals surface area (Å²) in [5.41, 5.74) is 1.91. The zero-order valence-electron chi connectivity index (χ0n) is 10.4. The molecule has 2 atom stereocenters. The summed E-state index contributed by atoms with van der Waals surface area (Å²) in [5.74, 6) is 0.237. The summed E-state index contributed by atoms with van der Waals surface area (Å²) in [6, 6.07) is 4.15. The predicted molar refractivity (Wildman–Crippen MR) is 67.0 cm³/mol. The van der Waals surface area contributed by atoms with Crippen molar-refractivity contribution in [3.8, 4) is 0 Å². The van der Waals surface area contributed by atoms with Gasteiger partial charge in [-0.25, -0.2) is 0 Å². The fourth-order valence-electron chi connectivity index (χ4n) is 3.50. The molecule has 1 aliphatic carbocycles. The second-order valence-corrected chi connectivity index (χ2v) is 5.58. The van der Waals surface area contributed by atoms with E-state index in [-0.39, 0.29) is 5.92 Å². The van der Waals surface area contributed by atoms with E-state index >= 15 is 0 Å². The summed E-state index contributed by atoms with van der Waals surface area (Å²) < 4.78 is 0. The van der Waals surface area contributed by atoms with Crippen LogP contribution in [0, 0.1) is 0 Å². The minimum atomic E-state index is -0.563. The van der Waals surface area contributed by atoms with E-state index in [1.807, 2.05) is 12.3 Å². The van der Waals surface area contributed by atoms with Crippen LogP contribution in [0.25, 0.3) is 0 Å². The van der Waals surface area contributed by atoms with Crippen LogP contribution in [0.2, 0.25) is 0 Å². The number of rotatable bonds is 1. The number of hydrogen-bond acceptors (Lipinski definition) is 3. The Kier molecular flexibility index (Phi) is 2.68. The zero-order valence-corrected chi connectivity index (χ0v) is 10.4. The van der Waals surface area contributed by atoms with E-state index in [1.54, 1.807) is 0 Å². The third-order valence-corrected chi connectivity index (χ3v) is 4.30. The molecule has 3 rings (SSSR count). The second kappa shape index (κ2) is 4.07. The van der Waals surface area contributed by atoms with Crippen molar-refractivity contribution in [2.45, 2.75) is 37.2 Å². The lowest BCUT2D eigenvalue weighted by atomic mass is 9.79. The van der Waals surface area contributed by atoms with Crippen molar-refractivity contribution in [3.63, 3.8) is 0 Å². The number of hydrogen-bond donors (Lipinski definition) is 1. The van der Waals surface area contributed by atoms with Crippen molar-refractivity contribution < 1.29 is 5.11 Å². The first-order valence-electron chi connectivity index (χ1n) is 6.54. The van der Waals surface area contributed by atoms with E-state index in [0.717, 1.165) is 44.5 Å². The topological polar surface area (TPSA) is 36.4 Å². The van der Waals surface area contributed by atoms with Crippen molar-refractivity contribution in [1.82, 2.24) is 9.88 Å². The van der Waals surface area contributed by atoms with Crippen molar-refractivity contribution >= 4 is 0 Å². The molecule has 0 saturated carbocycles. The smallest absolute Gasteiger partial charge is 0.0857 e. The number of pyridine rings is 1. The van der Waals surface area contributed by atoms with E-state index in [0.29, 0.717) is 0 Å². The molecule has 0 spiro atoms. The molecule has 3 heteroatoms. The van der Waals surface area contributed by atoms with Gasteiger partial charge in [-0.15, -0.1) is 0 Å². The van der Waals surface area contributed by atoms with Crippen molar-refractivity contribution in [3.05, 3.63) is 29.6 Å². The van der Waals surface area contributed by atoms with E-state index in [2.05, 4.69) is 23.0 Å². The minimum absolute atomic E-state index is 0.237. The molecule has 1 saturated heterocycles. The Hall–Kier alpha value is -0.930. The number of aliphatic hydroxyl groups is 1. The lowest BCUT2D eigenvalue weighted by molar-refractivity contribution is -0.0454. The second-order valence-electron chi connectivity index (χ2n) is 5.58. The Bertz CT molecular complexity index is 420. The maximum Gasteiger partial charge on any atom is 0.0857 e. The van der Waals surface area contributed by atoms with Crippen molar-refractivity contribution in [1.29, 1.82) is 0 Å². The quantitative estimate of drug-likeness (QED) is 0.798. The lowest BCUT2D eigenvalue weighted by Gasteiger charge is -2.41. The maximum atomic E-state index is 10.9. The Labute approximate surface area is 102 Å². The fourth-order valence-corrected chi connectivity index (χ4v) is 3.50. The number of β-amino-alcohol motifs (C(OH)–C–C–N with tert-alkyl or cyclic N) is 1. The molecule has 2 unspecified atom stereocenters. The molecule has 0 aromatic carbocycles. The first-order chi connectivity index (χ1) is 8.19. The monoisotopic (exact) mass is 232 g/mol. The van der Waals surface area contributed by atoms with Crippen LogP contribution in [0.3, 0.4) is 0 Å². The highest BCUT2D eigenvalue weighted by atomic mass is 16.3. The maximum absolute atomic E-state index is 10.9. The molecular weight excluding hydrogens is 212 g/mol. The van der Waals surface area contributed by atoms with Gasteiger partial charge < -0.3 is 10.0 Å². The summed E-state index contributed by atoms with van der Waals surface area (Å²) in [7, 11) is 2.10. The number of aromatic nitrogens is 1. The molecule has 0 bridgehead atoms. The molecule has 1 aliphatic heterocycles. The Balaban J connectivity index is 1.90. The van der Waals surface area contributed by atoms with Gasteiger partial charge in [-0.05, 0) is 50.9 Å². The standard InChI is InChI=1S/C14H20N2O/c1-16-9-3-7-14(17,10-16)12-6-5-11-4-2-8-15-13(11)12/h2,4,8,12,17H,3,5-7,9-10H2,1H3. The number of likely N-dealkylation sites (N-methyl/N-ethyl adjacent to an activating group) is 1. The summed E-state index contributed by atoms with van der Waals surface area (Å²) in [6.45, 7) is 1.89. The normalized spacial score (nSPS) is 33.6. The van der Waals surface area contributed by atoms with Gasteiger partial charge in [0, 0.05) is 24.4 Å². The highest BCUT2D eigenvalue weighted by molar-refractivity contribution is 5.31. The Morgan fingerprint density at radius 1 is 1.53 bits per heavy atom. The molecule has 1 aromatic rings. The van der Waals surface area contributed by atoms with Crippen LogP contribution in [0.1, 0.15) is 36.4 Å². The van der Waals surface area contributed by atoms with Gasteiger partial charge >= 0.3 is 0 Å². The third-order valence-electron chi connectivity index (χ3n) is 4.30. The molecule has 17 heavy (non-hydrogen) atoms. The van der Waals surface area contributed by atoms with Gasteiger partial charge in [0.2, 0.25) is 0 Å². The highest BCUT2D eigenvalue weighted by Gasteiger charge is 2.43. The first kappa shape index (κ1) is 11.2. The van der Waals surface area contributed by atoms with Gasteiger partial charge in [-0.3, -0.25) is 4.98 Å². The van der Waals surface area contributed by atoms with Crippen LogP contribution in [-0.2, 0) is 6.42 Å². The third kappa shape index (κ3) is 1.87. The number of likely N-dealkylation sites (tertiary alicyclic amines) is 1. The van der Waals surface area contributed by atoms with Crippen LogP contribution >= 0.6 is 0 Å². The average molecular weight is 232 g/mol. The number of nitrogens with zero attached hydrogens (tertiary/aromatic N) is 2. The van der Waals surface area contributed by atoms with Crippen LogP contribution in [0.5, 0.6) is 0 Å². The first-order valence-corrected chi connectivity index (χ1v) is 6.54. The zero-order chi connectivity index (χ0) is 11.9. The largest absolute Gasteiger partial charge is 0.388 e. The summed E-state index contributed by atoms with van der Waals surface area (Å²) in [5, 5.41) is 10.9.